The fraction of sp³-hybridized carbons (Fsp3) is 0.176. The molecule has 0 fully saturated rings. The Morgan fingerprint density at radius 2 is 1.95 bits per heavy atom. The summed E-state index contributed by atoms with van der Waals surface area (Å²) in [6.07, 6.45) is 2.49. The Bertz CT molecular complexity index is 883. The first-order valence-corrected chi connectivity index (χ1v) is 7.20. The van der Waals surface area contributed by atoms with E-state index in [1.54, 1.807) is 35.0 Å². The normalized spacial score (nSPS) is 11.0. The fourth-order valence-electron chi connectivity index (χ4n) is 2.67. The number of hydrogen-bond acceptors (Lipinski definition) is 4. The van der Waals surface area contributed by atoms with Gasteiger partial charge in [-0.2, -0.15) is 0 Å². The van der Waals surface area contributed by atoms with E-state index in [-0.39, 0.29) is 17.0 Å². The Hall–Kier alpha value is -2.82. The van der Waals surface area contributed by atoms with Gasteiger partial charge in [-0.1, -0.05) is 19.1 Å². The third-order valence-electron chi connectivity index (χ3n) is 3.66. The summed E-state index contributed by atoms with van der Waals surface area (Å²) in [6, 6.07) is 10.4. The van der Waals surface area contributed by atoms with Gasteiger partial charge in [0.05, 0.1) is 0 Å². The summed E-state index contributed by atoms with van der Waals surface area (Å²) in [5, 5.41) is 10.3. The second kappa shape index (κ2) is 5.52. The molecule has 0 bridgehead atoms. The average molecular weight is 295 g/mol. The van der Waals surface area contributed by atoms with Gasteiger partial charge in [0.25, 0.3) is 5.56 Å². The van der Waals surface area contributed by atoms with Crippen molar-refractivity contribution >= 4 is 16.7 Å². The first kappa shape index (κ1) is 14.1. The van der Waals surface area contributed by atoms with Gasteiger partial charge in [0, 0.05) is 23.7 Å². The molecule has 0 aliphatic carbocycles. The number of phenols is 1. The molecule has 0 saturated carbocycles. The third-order valence-corrected chi connectivity index (χ3v) is 3.66. The smallest absolute Gasteiger partial charge is 0.275 e. The number of aromatic hydroxyl groups is 1. The Labute approximate surface area is 127 Å². The van der Waals surface area contributed by atoms with Crippen molar-refractivity contribution in [2.75, 3.05) is 5.73 Å². The molecule has 22 heavy (non-hydrogen) atoms. The van der Waals surface area contributed by atoms with Crippen LogP contribution in [0, 0.1) is 0 Å². The summed E-state index contributed by atoms with van der Waals surface area (Å²) in [6.45, 7) is 2.58. The first-order chi connectivity index (χ1) is 10.6. The van der Waals surface area contributed by atoms with Crippen LogP contribution < -0.4 is 11.3 Å². The van der Waals surface area contributed by atoms with Crippen molar-refractivity contribution in [3.8, 4) is 16.9 Å². The van der Waals surface area contributed by atoms with E-state index in [4.69, 9.17) is 5.73 Å². The van der Waals surface area contributed by atoms with E-state index < -0.39 is 0 Å². The molecule has 0 aliphatic rings. The number of hydrogen-bond donors (Lipinski definition) is 2. The minimum absolute atomic E-state index is 0.170. The van der Waals surface area contributed by atoms with Gasteiger partial charge in [0.1, 0.15) is 17.1 Å². The Morgan fingerprint density at radius 1 is 1.23 bits per heavy atom. The highest BCUT2D eigenvalue weighted by molar-refractivity contribution is 5.98. The number of fused-ring (bicyclic) bond motifs is 1. The molecule has 0 radical (unpaired) electrons. The summed E-state index contributed by atoms with van der Waals surface area (Å²) in [7, 11) is 0. The number of rotatable bonds is 3. The monoisotopic (exact) mass is 295 g/mol. The molecule has 2 heterocycles. The van der Waals surface area contributed by atoms with Crippen molar-refractivity contribution in [3.05, 3.63) is 52.9 Å². The van der Waals surface area contributed by atoms with Crippen LogP contribution in [0.15, 0.2) is 47.4 Å². The minimum Gasteiger partial charge on any atom is -0.508 e. The number of nitrogen functional groups attached to an aromatic ring is 1. The van der Waals surface area contributed by atoms with Crippen molar-refractivity contribution in [1.29, 1.82) is 0 Å². The van der Waals surface area contributed by atoms with Gasteiger partial charge in [-0.15, -0.1) is 0 Å². The molecule has 0 atom stereocenters. The quantitative estimate of drug-likeness (QED) is 0.778. The molecule has 2 aromatic heterocycles. The number of aromatic nitrogens is 2. The summed E-state index contributed by atoms with van der Waals surface area (Å²) >= 11 is 0. The molecule has 0 saturated heterocycles. The van der Waals surface area contributed by atoms with Gasteiger partial charge in [0.2, 0.25) is 0 Å². The van der Waals surface area contributed by atoms with Crippen LogP contribution in [0.3, 0.4) is 0 Å². The highest BCUT2D eigenvalue weighted by atomic mass is 16.3. The Morgan fingerprint density at radius 3 is 2.64 bits per heavy atom. The van der Waals surface area contributed by atoms with Gasteiger partial charge in [-0.3, -0.25) is 9.36 Å². The molecule has 5 heteroatoms. The standard InChI is InChI=1S/C17H17N3O2/c1-2-10-20-16-13(4-3-9-19-16)14(15(18)17(20)22)11-5-7-12(21)8-6-11/h3-9,21H,2,10,18H2,1H3. The molecule has 3 N–H and O–H groups in total. The molecule has 5 nitrogen and oxygen atoms in total. The number of anilines is 1. The molecule has 3 rings (SSSR count). The van der Waals surface area contributed by atoms with Crippen LogP contribution in [0.5, 0.6) is 5.75 Å². The van der Waals surface area contributed by atoms with Crippen LogP contribution in [0.1, 0.15) is 13.3 Å². The average Bonchev–Trinajstić information content (AvgIpc) is 2.54. The zero-order chi connectivity index (χ0) is 15.7. The number of benzene rings is 1. The summed E-state index contributed by atoms with van der Waals surface area (Å²) in [4.78, 5) is 16.9. The third kappa shape index (κ3) is 2.20. The lowest BCUT2D eigenvalue weighted by Crippen LogP contribution is -2.25. The van der Waals surface area contributed by atoms with Crippen molar-refractivity contribution in [1.82, 2.24) is 9.55 Å². The lowest BCUT2D eigenvalue weighted by molar-refractivity contribution is 0.475. The maximum atomic E-state index is 12.6. The number of nitrogens with two attached hydrogens (primary N) is 1. The van der Waals surface area contributed by atoms with E-state index in [9.17, 15) is 9.90 Å². The molecule has 0 amide bonds. The highest BCUT2D eigenvalue weighted by Gasteiger charge is 2.16. The Balaban J connectivity index is 2.40. The second-order valence-electron chi connectivity index (χ2n) is 5.17. The van der Waals surface area contributed by atoms with E-state index in [0.29, 0.717) is 17.8 Å². The maximum absolute atomic E-state index is 12.6. The second-order valence-corrected chi connectivity index (χ2v) is 5.17. The van der Waals surface area contributed by atoms with Crippen molar-refractivity contribution in [2.45, 2.75) is 19.9 Å². The van der Waals surface area contributed by atoms with E-state index in [1.165, 1.54) is 0 Å². The zero-order valence-electron chi connectivity index (χ0n) is 12.3. The SMILES string of the molecule is CCCn1c(=O)c(N)c(-c2ccc(O)cc2)c2cccnc21. The molecule has 0 unspecified atom stereocenters. The van der Waals surface area contributed by atoms with Gasteiger partial charge in [0.15, 0.2) is 0 Å². The van der Waals surface area contributed by atoms with E-state index in [2.05, 4.69) is 4.98 Å². The highest BCUT2D eigenvalue weighted by Crippen LogP contribution is 2.31. The molecule has 0 spiro atoms. The Kier molecular flexibility index (Phi) is 3.55. The molecule has 0 aliphatic heterocycles. The van der Waals surface area contributed by atoms with Crippen LogP contribution in [0.2, 0.25) is 0 Å². The van der Waals surface area contributed by atoms with Crippen LogP contribution in [0.25, 0.3) is 22.2 Å². The molecular formula is C17H17N3O2. The molecule has 112 valence electrons. The number of nitrogens with zero attached hydrogens (tertiary/aromatic N) is 2. The fourth-order valence-corrected chi connectivity index (χ4v) is 2.67. The van der Waals surface area contributed by atoms with Gasteiger partial charge in [-0.05, 0) is 36.2 Å². The minimum atomic E-state index is -0.226. The van der Waals surface area contributed by atoms with Crippen LogP contribution in [-0.2, 0) is 6.54 Å². The zero-order valence-corrected chi connectivity index (χ0v) is 12.3. The number of phenolic OH excluding ortho intramolecular Hbond substituents is 1. The number of aryl methyl sites for hydroxylation is 1. The topological polar surface area (TPSA) is 81.1 Å². The van der Waals surface area contributed by atoms with Gasteiger partial charge < -0.3 is 10.8 Å². The largest absolute Gasteiger partial charge is 0.508 e. The first-order valence-electron chi connectivity index (χ1n) is 7.20. The molecule has 1 aromatic carbocycles. The molecular weight excluding hydrogens is 278 g/mol. The summed E-state index contributed by atoms with van der Waals surface area (Å²) < 4.78 is 1.62. The van der Waals surface area contributed by atoms with E-state index in [1.807, 2.05) is 19.1 Å². The predicted octanol–water partition coefficient (Wildman–Crippen LogP) is 2.76. The number of pyridine rings is 2. The summed E-state index contributed by atoms with van der Waals surface area (Å²) in [5.74, 6) is 0.170. The van der Waals surface area contributed by atoms with Gasteiger partial charge in [-0.25, -0.2) is 4.98 Å². The van der Waals surface area contributed by atoms with Crippen molar-refractivity contribution < 1.29 is 5.11 Å². The van der Waals surface area contributed by atoms with Crippen LogP contribution >= 0.6 is 0 Å². The summed E-state index contributed by atoms with van der Waals surface area (Å²) in [5.41, 5.74) is 8.19. The van der Waals surface area contributed by atoms with Crippen LogP contribution in [0.4, 0.5) is 5.69 Å². The van der Waals surface area contributed by atoms with Crippen molar-refractivity contribution in [2.24, 2.45) is 0 Å². The van der Waals surface area contributed by atoms with Gasteiger partial charge >= 0.3 is 0 Å². The lowest BCUT2D eigenvalue weighted by Gasteiger charge is -2.15. The maximum Gasteiger partial charge on any atom is 0.275 e. The van der Waals surface area contributed by atoms with Crippen molar-refractivity contribution in [3.63, 3.8) is 0 Å². The van der Waals surface area contributed by atoms with E-state index in [0.717, 1.165) is 17.4 Å². The lowest BCUT2D eigenvalue weighted by atomic mass is 10.0. The van der Waals surface area contributed by atoms with Crippen LogP contribution in [-0.4, -0.2) is 14.7 Å². The molecule has 3 aromatic rings. The van der Waals surface area contributed by atoms with E-state index >= 15 is 0 Å². The predicted molar refractivity (Wildman–Crippen MR) is 87.8 cm³/mol.